The summed E-state index contributed by atoms with van der Waals surface area (Å²) in [4.78, 5) is 45.7. The molecule has 1 atom stereocenters. The van der Waals surface area contributed by atoms with Gasteiger partial charge in [-0.05, 0) is 37.3 Å². The number of rotatable bonds is 7. The fourth-order valence-corrected chi connectivity index (χ4v) is 2.46. The van der Waals surface area contributed by atoms with Crippen LogP contribution in [0.5, 0.6) is 0 Å². The second-order valence-electron chi connectivity index (χ2n) is 5.86. The van der Waals surface area contributed by atoms with Gasteiger partial charge in [0.1, 0.15) is 6.54 Å². The molecule has 0 heterocycles. The Kier molecular flexibility index (Phi) is 7.67. The molecule has 0 aliphatic carbocycles. The Balaban J connectivity index is 1.88. The Morgan fingerprint density at radius 1 is 1.17 bits per heavy atom. The fourth-order valence-electron chi connectivity index (χ4n) is 2.16. The van der Waals surface area contributed by atoms with Crippen LogP contribution < -0.4 is 10.6 Å². The van der Waals surface area contributed by atoms with Gasteiger partial charge in [-0.3, -0.25) is 24.5 Å². The number of anilines is 1. The van der Waals surface area contributed by atoms with Crippen molar-refractivity contribution >= 4 is 52.4 Å². The first-order chi connectivity index (χ1) is 14.1. The molecule has 0 radical (unpaired) electrons. The molecule has 0 fully saturated rings. The average Bonchev–Trinajstić information content (AvgIpc) is 2.69. The van der Waals surface area contributed by atoms with Crippen molar-refractivity contribution < 1.29 is 28.4 Å². The quantitative estimate of drug-likeness (QED) is 0.372. The number of benzene rings is 2. The first-order valence-corrected chi connectivity index (χ1v) is 9.01. The summed E-state index contributed by atoms with van der Waals surface area (Å²) in [6.07, 6.45) is -1.29. The highest BCUT2D eigenvalue weighted by Crippen LogP contribution is 2.23. The van der Waals surface area contributed by atoms with Gasteiger partial charge in [0.2, 0.25) is 5.82 Å². The number of nitro benzene ring substituents is 1. The van der Waals surface area contributed by atoms with Crippen LogP contribution in [0.4, 0.5) is 15.8 Å². The van der Waals surface area contributed by atoms with Gasteiger partial charge >= 0.3 is 11.7 Å². The molecule has 9 nitrogen and oxygen atoms in total. The van der Waals surface area contributed by atoms with E-state index >= 15 is 0 Å². The summed E-state index contributed by atoms with van der Waals surface area (Å²) in [5, 5.41) is 15.7. The molecule has 0 spiro atoms. The van der Waals surface area contributed by atoms with Crippen molar-refractivity contribution in [2.24, 2.45) is 0 Å². The Morgan fingerprint density at radius 2 is 1.87 bits per heavy atom. The summed E-state index contributed by atoms with van der Waals surface area (Å²) < 4.78 is 18.2. The van der Waals surface area contributed by atoms with Crippen molar-refractivity contribution in [2.75, 3.05) is 11.9 Å². The highest BCUT2D eigenvalue weighted by molar-refractivity contribution is 6.42. The Bertz CT molecular complexity index is 1020. The van der Waals surface area contributed by atoms with Crippen molar-refractivity contribution in [1.82, 2.24) is 5.32 Å². The largest absolute Gasteiger partial charge is 0.451 e. The van der Waals surface area contributed by atoms with Crippen LogP contribution in [0.3, 0.4) is 0 Å². The predicted molar refractivity (Wildman–Crippen MR) is 106 cm³/mol. The third-order valence-electron chi connectivity index (χ3n) is 3.66. The van der Waals surface area contributed by atoms with Crippen molar-refractivity contribution in [3.05, 3.63) is 67.9 Å². The zero-order chi connectivity index (χ0) is 22.4. The summed E-state index contributed by atoms with van der Waals surface area (Å²) in [7, 11) is 0. The van der Waals surface area contributed by atoms with Crippen LogP contribution >= 0.6 is 23.2 Å². The summed E-state index contributed by atoms with van der Waals surface area (Å²) in [6.45, 7) is 0.727. The van der Waals surface area contributed by atoms with Gasteiger partial charge in [-0.1, -0.05) is 23.2 Å². The van der Waals surface area contributed by atoms with Crippen LogP contribution in [0.15, 0.2) is 36.4 Å². The number of carbonyl (C=O) groups excluding carboxylic acids is 3. The molecule has 0 bridgehead atoms. The van der Waals surface area contributed by atoms with Crippen molar-refractivity contribution in [3.8, 4) is 0 Å². The lowest BCUT2D eigenvalue weighted by Gasteiger charge is -2.14. The minimum absolute atomic E-state index is 0.0519. The van der Waals surface area contributed by atoms with E-state index in [9.17, 15) is 28.9 Å². The monoisotopic (exact) mass is 457 g/mol. The van der Waals surface area contributed by atoms with Crippen molar-refractivity contribution in [2.45, 2.75) is 13.0 Å². The number of nitro groups is 1. The normalized spacial score (nSPS) is 11.3. The van der Waals surface area contributed by atoms with Gasteiger partial charge in [0, 0.05) is 17.3 Å². The number of hydrogen-bond donors (Lipinski definition) is 2. The number of hydrogen-bond acceptors (Lipinski definition) is 6. The van der Waals surface area contributed by atoms with E-state index in [1.807, 2.05) is 0 Å². The Morgan fingerprint density at radius 3 is 2.50 bits per heavy atom. The molecule has 2 rings (SSSR count). The molecule has 0 aromatic heterocycles. The number of esters is 1. The first kappa shape index (κ1) is 23.0. The minimum Gasteiger partial charge on any atom is -0.451 e. The van der Waals surface area contributed by atoms with Gasteiger partial charge in [-0.25, -0.2) is 0 Å². The molecule has 0 saturated heterocycles. The van der Waals surface area contributed by atoms with Crippen LogP contribution in [0.1, 0.15) is 17.3 Å². The lowest BCUT2D eigenvalue weighted by Crippen LogP contribution is -2.35. The molecule has 0 saturated carbocycles. The number of ether oxygens (including phenoxy) is 1. The highest BCUT2D eigenvalue weighted by Gasteiger charge is 2.21. The molecule has 12 heteroatoms. The Hall–Kier alpha value is -3.24. The summed E-state index contributed by atoms with van der Waals surface area (Å²) >= 11 is 11.6. The standard InChI is InChI=1S/C18H14Cl2FN3O6/c1-9(17(26)23-11-3-5-14(21)15(7-11)24(28)29)30-16(25)8-22-18(27)10-2-4-12(19)13(20)6-10/h2-7,9H,8H2,1H3,(H,22,27)(H,23,26). The Labute approximate surface area is 179 Å². The van der Waals surface area contributed by atoms with Crippen molar-refractivity contribution in [1.29, 1.82) is 0 Å². The minimum atomic E-state index is -1.29. The summed E-state index contributed by atoms with van der Waals surface area (Å²) in [5.41, 5.74) is -0.702. The summed E-state index contributed by atoms with van der Waals surface area (Å²) in [6, 6.07) is 6.92. The molecule has 1 unspecified atom stereocenters. The van der Waals surface area contributed by atoms with E-state index in [0.717, 1.165) is 18.2 Å². The molecule has 30 heavy (non-hydrogen) atoms. The fraction of sp³-hybridized carbons (Fsp3) is 0.167. The SMILES string of the molecule is CC(OC(=O)CNC(=O)c1ccc(Cl)c(Cl)c1)C(=O)Nc1ccc(F)c([N+](=O)[O-])c1. The number of amides is 2. The second kappa shape index (κ2) is 9.99. The van der Waals surface area contributed by atoms with E-state index in [1.54, 1.807) is 0 Å². The number of halogens is 3. The molecule has 2 aromatic carbocycles. The van der Waals surface area contributed by atoms with Gasteiger partial charge in [-0.15, -0.1) is 0 Å². The molecule has 158 valence electrons. The zero-order valence-corrected chi connectivity index (χ0v) is 16.8. The van der Waals surface area contributed by atoms with E-state index in [0.29, 0.717) is 0 Å². The number of carbonyl (C=O) groups is 3. The maximum atomic E-state index is 13.3. The van der Waals surface area contributed by atoms with E-state index in [1.165, 1.54) is 25.1 Å². The van der Waals surface area contributed by atoms with Crippen LogP contribution in [-0.4, -0.2) is 35.4 Å². The van der Waals surface area contributed by atoms with E-state index in [4.69, 9.17) is 27.9 Å². The number of nitrogens with one attached hydrogen (secondary N) is 2. The van der Waals surface area contributed by atoms with Gasteiger partial charge in [0.15, 0.2) is 6.10 Å². The van der Waals surface area contributed by atoms with Gasteiger partial charge in [0.05, 0.1) is 15.0 Å². The highest BCUT2D eigenvalue weighted by atomic mass is 35.5. The lowest BCUT2D eigenvalue weighted by molar-refractivity contribution is -0.387. The second-order valence-corrected chi connectivity index (χ2v) is 6.67. The van der Waals surface area contributed by atoms with Crippen molar-refractivity contribution in [3.63, 3.8) is 0 Å². The summed E-state index contributed by atoms with van der Waals surface area (Å²) in [5.74, 6) is -3.38. The zero-order valence-electron chi connectivity index (χ0n) is 15.3. The van der Waals surface area contributed by atoms with Crippen LogP contribution in [0.2, 0.25) is 10.0 Å². The molecule has 0 aliphatic rings. The lowest BCUT2D eigenvalue weighted by atomic mass is 10.2. The molecule has 0 aliphatic heterocycles. The van der Waals surface area contributed by atoms with Crippen LogP contribution in [-0.2, 0) is 14.3 Å². The predicted octanol–water partition coefficient (Wildman–Crippen LogP) is 3.34. The van der Waals surface area contributed by atoms with E-state index in [2.05, 4.69) is 10.6 Å². The maximum Gasteiger partial charge on any atom is 0.326 e. The van der Waals surface area contributed by atoms with E-state index in [-0.39, 0.29) is 21.3 Å². The van der Waals surface area contributed by atoms with Gasteiger partial charge in [0.25, 0.3) is 11.8 Å². The number of nitrogens with zero attached hydrogens (tertiary/aromatic N) is 1. The maximum absolute atomic E-state index is 13.3. The average molecular weight is 458 g/mol. The molecule has 2 N–H and O–H groups in total. The molecular formula is C18H14Cl2FN3O6. The smallest absolute Gasteiger partial charge is 0.326 e. The van der Waals surface area contributed by atoms with Crippen LogP contribution in [0.25, 0.3) is 0 Å². The van der Waals surface area contributed by atoms with Crippen LogP contribution in [0, 0.1) is 15.9 Å². The molecule has 2 amide bonds. The van der Waals surface area contributed by atoms with E-state index < -0.39 is 46.9 Å². The third kappa shape index (κ3) is 6.13. The topological polar surface area (TPSA) is 128 Å². The van der Waals surface area contributed by atoms with Gasteiger partial charge < -0.3 is 15.4 Å². The molecular weight excluding hydrogens is 444 g/mol. The molecule has 2 aromatic rings. The third-order valence-corrected chi connectivity index (χ3v) is 4.40. The first-order valence-electron chi connectivity index (χ1n) is 8.26. The van der Waals surface area contributed by atoms with Gasteiger partial charge in [-0.2, -0.15) is 4.39 Å².